The lowest BCUT2D eigenvalue weighted by molar-refractivity contribution is 0.648. The third kappa shape index (κ3) is 2.52. The Morgan fingerprint density at radius 1 is 0.667 bits per heavy atom. The van der Waals surface area contributed by atoms with E-state index in [1.807, 2.05) is 0 Å². The molecular formula is C21H24. The second-order valence-electron chi connectivity index (χ2n) is 6.71. The van der Waals surface area contributed by atoms with Gasteiger partial charge in [0.2, 0.25) is 0 Å². The number of aryl methyl sites for hydroxylation is 2. The lowest BCUT2D eigenvalue weighted by Crippen LogP contribution is -2.15. The van der Waals surface area contributed by atoms with Crippen molar-refractivity contribution in [1.82, 2.24) is 0 Å². The number of hydrogen-bond acceptors (Lipinski definition) is 0. The molecule has 2 aliphatic rings. The Morgan fingerprint density at radius 3 is 1.86 bits per heavy atom. The van der Waals surface area contributed by atoms with E-state index in [1.165, 1.54) is 56.9 Å². The van der Waals surface area contributed by atoms with E-state index in [4.69, 9.17) is 0 Å². The van der Waals surface area contributed by atoms with Gasteiger partial charge in [0, 0.05) is 0 Å². The minimum absolute atomic E-state index is 1.15. The van der Waals surface area contributed by atoms with Crippen LogP contribution in [0.4, 0.5) is 0 Å². The van der Waals surface area contributed by atoms with Gasteiger partial charge in [-0.05, 0) is 91.2 Å². The molecule has 0 spiro atoms. The summed E-state index contributed by atoms with van der Waals surface area (Å²) >= 11 is 0. The predicted octanol–water partition coefficient (Wildman–Crippen LogP) is 5.04. The first-order valence-electron chi connectivity index (χ1n) is 8.61. The van der Waals surface area contributed by atoms with E-state index >= 15 is 0 Å². The highest BCUT2D eigenvalue weighted by Gasteiger charge is 2.21. The third-order valence-electron chi connectivity index (χ3n) is 5.32. The van der Waals surface area contributed by atoms with Crippen molar-refractivity contribution >= 4 is 0 Å². The molecule has 108 valence electrons. The summed E-state index contributed by atoms with van der Waals surface area (Å²) in [5, 5.41) is 0. The van der Waals surface area contributed by atoms with Crippen LogP contribution in [0, 0.1) is 0 Å². The van der Waals surface area contributed by atoms with Crippen molar-refractivity contribution in [3.8, 4) is 0 Å². The topological polar surface area (TPSA) is 0 Å². The van der Waals surface area contributed by atoms with Gasteiger partial charge in [-0.3, -0.25) is 0 Å². The van der Waals surface area contributed by atoms with Gasteiger partial charge in [-0.1, -0.05) is 36.4 Å². The summed E-state index contributed by atoms with van der Waals surface area (Å²) in [5.41, 5.74) is 9.95. The van der Waals surface area contributed by atoms with Crippen LogP contribution in [0.2, 0.25) is 0 Å². The van der Waals surface area contributed by atoms with Crippen molar-refractivity contribution in [3.05, 3.63) is 69.8 Å². The average Bonchev–Trinajstić information content (AvgIpc) is 2.55. The second-order valence-corrected chi connectivity index (χ2v) is 6.71. The van der Waals surface area contributed by atoms with Gasteiger partial charge in [0.15, 0.2) is 0 Å². The minimum atomic E-state index is 1.15. The van der Waals surface area contributed by atoms with E-state index < -0.39 is 0 Å². The van der Waals surface area contributed by atoms with Crippen LogP contribution in [0.1, 0.15) is 59.1 Å². The Labute approximate surface area is 128 Å². The van der Waals surface area contributed by atoms with Gasteiger partial charge in [0.05, 0.1) is 0 Å². The van der Waals surface area contributed by atoms with Crippen molar-refractivity contribution in [3.63, 3.8) is 0 Å². The largest absolute Gasteiger partial charge is 0.0622 e. The maximum atomic E-state index is 2.57. The average molecular weight is 276 g/mol. The van der Waals surface area contributed by atoms with E-state index in [1.54, 1.807) is 27.8 Å². The van der Waals surface area contributed by atoms with Gasteiger partial charge in [0.1, 0.15) is 0 Å². The van der Waals surface area contributed by atoms with Gasteiger partial charge in [-0.2, -0.15) is 0 Å². The molecule has 0 heteroatoms. The van der Waals surface area contributed by atoms with E-state index in [2.05, 4.69) is 36.4 Å². The molecule has 0 N–H and O–H groups in total. The molecule has 2 aliphatic carbocycles. The van der Waals surface area contributed by atoms with E-state index in [9.17, 15) is 0 Å². The zero-order valence-electron chi connectivity index (χ0n) is 12.8. The standard InChI is InChI=1S/C21H24/c1-2-8-16(9-3-1)14-21-19-12-6-4-10-17(19)15-18-11-5-7-13-20(18)21/h1-3,8-9,15H,4-7,10-14H2. The fourth-order valence-corrected chi connectivity index (χ4v) is 4.27. The fraction of sp³-hybridized carbons (Fsp3) is 0.429. The van der Waals surface area contributed by atoms with Crippen molar-refractivity contribution in [2.45, 2.75) is 57.8 Å². The maximum absolute atomic E-state index is 2.57. The van der Waals surface area contributed by atoms with Crippen LogP contribution in [0.25, 0.3) is 0 Å². The smallest absolute Gasteiger partial charge is 0.00201 e. The lowest BCUT2D eigenvalue weighted by atomic mass is 9.77. The molecule has 4 rings (SSSR count). The van der Waals surface area contributed by atoms with Crippen LogP contribution in [-0.4, -0.2) is 0 Å². The van der Waals surface area contributed by atoms with Gasteiger partial charge in [-0.25, -0.2) is 0 Å². The maximum Gasteiger partial charge on any atom is -0.00201 e. The van der Waals surface area contributed by atoms with Crippen molar-refractivity contribution in [2.75, 3.05) is 0 Å². The van der Waals surface area contributed by atoms with Crippen LogP contribution < -0.4 is 0 Å². The van der Waals surface area contributed by atoms with E-state index in [0.717, 1.165) is 6.42 Å². The van der Waals surface area contributed by atoms with Crippen LogP contribution in [0.15, 0.2) is 36.4 Å². The van der Waals surface area contributed by atoms with E-state index in [0.29, 0.717) is 0 Å². The monoisotopic (exact) mass is 276 g/mol. The summed E-state index contributed by atoms with van der Waals surface area (Å²) in [6.45, 7) is 0. The van der Waals surface area contributed by atoms with Gasteiger partial charge in [-0.15, -0.1) is 0 Å². The van der Waals surface area contributed by atoms with Crippen molar-refractivity contribution in [2.24, 2.45) is 0 Å². The number of benzene rings is 2. The molecule has 0 unspecified atom stereocenters. The van der Waals surface area contributed by atoms with Crippen molar-refractivity contribution < 1.29 is 0 Å². The van der Waals surface area contributed by atoms with Crippen molar-refractivity contribution in [1.29, 1.82) is 0 Å². The lowest BCUT2D eigenvalue weighted by Gasteiger charge is -2.27. The molecule has 2 aromatic carbocycles. The molecule has 0 aromatic heterocycles. The molecule has 0 saturated carbocycles. The molecule has 0 saturated heterocycles. The molecule has 0 amide bonds. The zero-order valence-corrected chi connectivity index (χ0v) is 12.8. The zero-order chi connectivity index (χ0) is 14.1. The van der Waals surface area contributed by atoms with Crippen LogP contribution in [0.3, 0.4) is 0 Å². The molecule has 21 heavy (non-hydrogen) atoms. The summed E-state index contributed by atoms with van der Waals surface area (Å²) in [6, 6.07) is 13.6. The SMILES string of the molecule is c1ccc(Cc2c3c(cc4c2CCCC4)CCCC3)cc1. The van der Waals surface area contributed by atoms with Gasteiger partial charge >= 0.3 is 0 Å². The second kappa shape index (κ2) is 5.67. The number of rotatable bonds is 2. The number of hydrogen-bond donors (Lipinski definition) is 0. The van der Waals surface area contributed by atoms with Crippen LogP contribution in [0.5, 0.6) is 0 Å². The van der Waals surface area contributed by atoms with Gasteiger partial charge in [0.25, 0.3) is 0 Å². The Kier molecular flexibility index (Phi) is 3.55. The Hall–Kier alpha value is -1.56. The first-order valence-corrected chi connectivity index (χ1v) is 8.61. The van der Waals surface area contributed by atoms with Crippen LogP contribution in [-0.2, 0) is 32.1 Å². The Balaban J connectivity index is 1.82. The van der Waals surface area contributed by atoms with E-state index in [-0.39, 0.29) is 0 Å². The Bertz CT molecular complexity index is 603. The summed E-state index contributed by atoms with van der Waals surface area (Å²) in [7, 11) is 0. The normalized spacial score (nSPS) is 17.1. The minimum Gasteiger partial charge on any atom is -0.0622 e. The molecule has 0 heterocycles. The molecule has 0 fully saturated rings. The van der Waals surface area contributed by atoms with Gasteiger partial charge < -0.3 is 0 Å². The summed E-state index contributed by atoms with van der Waals surface area (Å²) in [6.07, 6.45) is 11.9. The highest BCUT2D eigenvalue weighted by atomic mass is 14.3. The Morgan fingerprint density at radius 2 is 1.24 bits per heavy atom. The molecule has 0 radical (unpaired) electrons. The fourth-order valence-electron chi connectivity index (χ4n) is 4.27. The molecule has 0 atom stereocenters. The molecule has 0 bridgehead atoms. The predicted molar refractivity (Wildman–Crippen MR) is 89.0 cm³/mol. The summed E-state index contributed by atoms with van der Waals surface area (Å²) < 4.78 is 0. The molecule has 0 nitrogen and oxygen atoms in total. The first kappa shape index (κ1) is 13.1. The first-order chi connectivity index (χ1) is 10.4. The van der Waals surface area contributed by atoms with Crippen LogP contribution >= 0.6 is 0 Å². The highest BCUT2D eigenvalue weighted by molar-refractivity contribution is 5.50. The number of fused-ring (bicyclic) bond motifs is 2. The quantitative estimate of drug-likeness (QED) is 0.721. The summed E-state index contributed by atoms with van der Waals surface area (Å²) in [4.78, 5) is 0. The highest BCUT2D eigenvalue weighted by Crippen LogP contribution is 2.34. The molecule has 0 aliphatic heterocycles. The third-order valence-corrected chi connectivity index (χ3v) is 5.32. The summed E-state index contributed by atoms with van der Waals surface area (Å²) in [5.74, 6) is 0. The molecular weight excluding hydrogens is 252 g/mol. The molecule has 2 aromatic rings.